The van der Waals surface area contributed by atoms with E-state index >= 15 is 0 Å². The van der Waals surface area contributed by atoms with Crippen molar-refractivity contribution in [3.05, 3.63) is 35.7 Å². The highest BCUT2D eigenvalue weighted by molar-refractivity contribution is 5.69. The summed E-state index contributed by atoms with van der Waals surface area (Å²) < 4.78 is 14.7. The fraction of sp³-hybridized carbons (Fsp3) is 0.357. The summed E-state index contributed by atoms with van der Waals surface area (Å²) in [6, 6.07) is 7.71. The number of hydrogen-bond donors (Lipinski definition) is 0. The number of aromatic nitrogens is 2. The van der Waals surface area contributed by atoms with Gasteiger partial charge in [-0.1, -0.05) is 29.4 Å². The molecule has 0 unspecified atom stereocenters. The average molecular weight is 276 g/mol. The summed E-state index contributed by atoms with van der Waals surface area (Å²) in [7, 11) is 3.00. The Bertz CT molecular complexity index is 563. The summed E-state index contributed by atoms with van der Waals surface area (Å²) >= 11 is 0. The number of hydrogen-bond acceptors (Lipinski definition) is 6. The van der Waals surface area contributed by atoms with E-state index in [2.05, 4.69) is 14.9 Å². The molecule has 0 saturated carbocycles. The van der Waals surface area contributed by atoms with E-state index in [1.807, 2.05) is 24.3 Å². The number of rotatable bonds is 6. The molecule has 1 aromatic heterocycles. The predicted molar refractivity (Wildman–Crippen MR) is 70.8 cm³/mol. The second-order valence-electron chi connectivity index (χ2n) is 4.22. The summed E-state index contributed by atoms with van der Waals surface area (Å²) in [6.07, 6.45) is 0.604. The molecule has 106 valence electrons. The molecule has 0 amide bonds. The maximum atomic E-state index is 11.0. The SMILES string of the molecule is COCc1ccc(-c2noc(CCC(=O)OC)n2)cc1. The first-order valence-electron chi connectivity index (χ1n) is 6.20. The first-order valence-corrected chi connectivity index (χ1v) is 6.20. The largest absolute Gasteiger partial charge is 0.469 e. The molecule has 0 aliphatic rings. The third-order valence-electron chi connectivity index (χ3n) is 2.76. The number of carbonyl (C=O) groups excluding carboxylic acids is 1. The minimum absolute atomic E-state index is 0.227. The van der Waals surface area contributed by atoms with E-state index in [1.165, 1.54) is 7.11 Å². The van der Waals surface area contributed by atoms with Gasteiger partial charge in [0.15, 0.2) is 0 Å². The quantitative estimate of drug-likeness (QED) is 0.751. The van der Waals surface area contributed by atoms with Crippen molar-refractivity contribution in [1.82, 2.24) is 10.1 Å². The topological polar surface area (TPSA) is 74.5 Å². The van der Waals surface area contributed by atoms with Gasteiger partial charge in [-0.05, 0) is 5.56 Å². The Morgan fingerprint density at radius 2 is 2.00 bits per heavy atom. The van der Waals surface area contributed by atoms with E-state index in [1.54, 1.807) is 7.11 Å². The van der Waals surface area contributed by atoms with Crippen LogP contribution in [0.25, 0.3) is 11.4 Å². The molecule has 1 aromatic carbocycles. The van der Waals surface area contributed by atoms with Gasteiger partial charge in [-0.25, -0.2) is 0 Å². The van der Waals surface area contributed by atoms with Gasteiger partial charge in [-0.2, -0.15) is 4.98 Å². The van der Waals surface area contributed by atoms with Crippen LogP contribution in [0.4, 0.5) is 0 Å². The lowest BCUT2D eigenvalue weighted by atomic mass is 10.1. The highest BCUT2D eigenvalue weighted by Gasteiger charge is 2.10. The molecule has 0 aliphatic carbocycles. The van der Waals surface area contributed by atoms with Crippen molar-refractivity contribution >= 4 is 5.97 Å². The smallest absolute Gasteiger partial charge is 0.306 e. The summed E-state index contributed by atoms with van der Waals surface area (Å²) in [4.78, 5) is 15.3. The maximum Gasteiger partial charge on any atom is 0.306 e. The summed E-state index contributed by atoms with van der Waals surface area (Å²) in [5.74, 6) is 0.633. The molecule has 0 radical (unpaired) electrons. The van der Waals surface area contributed by atoms with Crippen LogP contribution in [-0.4, -0.2) is 30.3 Å². The molecule has 1 heterocycles. The van der Waals surface area contributed by atoms with Gasteiger partial charge in [0.2, 0.25) is 11.7 Å². The molecule has 6 heteroatoms. The van der Waals surface area contributed by atoms with Gasteiger partial charge in [0.05, 0.1) is 20.1 Å². The molecule has 0 spiro atoms. The van der Waals surface area contributed by atoms with E-state index in [-0.39, 0.29) is 12.4 Å². The van der Waals surface area contributed by atoms with Crippen LogP contribution in [0.1, 0.15) is 17.9 Å². The number of nitrogens with zero attached hydrogens (tertiary/aromatic N) is 2. The highest BCUT2D eigenvalue weighted by Crippen LogP contribution is 2.17. The van der Waals surface area contributed by atoms with Crippen molar-refractivity contribution in [1.29, 1.82) is 0 Å². The minimum atomic E-state index is -0.298. The number of benzene rings is 1. The number of ether oxygens (including phenoxy) is 2. The Kier molecular flexibility index (Phi) is 4.84. The molecule has 0 aliphatic heterocycles. The van der Waals surface area contributed by atoms with Crippen LogP contribution in [0, 0.1) is 0 Å². The molecule has 0 N–H and O–H groups in total. The van der Waals surface area contributed by atoms with E-state index in [0.717, 1.165) is 11.1 Å². The van der Waals surface area contributed by atoms with Crippen LogP contribution in [0.3, 0.4) is 0 Å². The zero-order valence-electron chi connectivity index (χ0n) is 11.5. The van der Waals surface area contributed by atoms with Gasteiger partial charge in [0.1, 0.15) is 0 Å². The second kappa shape index (κ2) is 6.81. The van der Waals surface area contributed by atoms with Crippen LogP contribution in [0.5, 0.6) is 0 Å². The molecule has 20 heavy (non-hydrogen) atoms. The fourth-order valence-corrected chi connectivity index (χ4v) is 1.70. The monoisotopic (exact) mass is 276 g/mol. The molecule has 0 atom stereocenters. The van der Waals surface area contributed by atoms with Gasteiger partial charge in [0, 0.05) is 19.1 Å². The summed E-state index contributed by atoms with van der Waals surface area (Å²) in [6.45, 7) is 0.566. The molecule has 6 nitrogen and oxygen atoms in total. The first kappa shape index (κ1) is 14.2. The summed E-state index contributed by atoms with van der Waals surface area (Å²) in [5.41, 5.74) is 1.93. The van der Waals surface area contributed by atoms with Crippen LogP contribution in [0.2, 0.25) is 0 Å². The third kappa shape index (κ3) is 3.64. The first-order chi connectivity index (χ1) is 9.72. The zero-order chi connectivity index (χ0) is 14.4. The lowest BCUT2D eigenvalue weighted by Gasteiger charge is -1.99. The molecular weight excluding hydrogens is 260 g/mol. The van der Waals surface area contributed by atoms with Crippen molar-refractivity contribution in [2.75, 3.05) is 14.2 Å². The van der Waals surface area contributed by atoms with Gasteiger partial charge >= 0.3 is 5.97 Å². The van der Waals surface area contributed by atoms with E-state index < -0.39 is 0 Å². The molecule has 0 fully saturated rings. The van der Waals surface area contributed by atoms with Crippen molar-refractivity contribution < 1.29 is 18.8 Å². The van der Waals surface area contributed by atoms with E-state index in [9.17, 15) is 4.79 Å². The summed E-state index contributed by atoms with van der Waals surface area (Å²) in [5, 5.41) is 3.90. The fourth-order valence-electron chi connectivity index (χ4n) is 1.70. The third-order valence-corrected chi connectivity index (χ3v) is 2.76. The van der Waals surface area contributed by atoms with Crippen molar-refractivity contribution in [2.24, 2.45) is 0 Å². The van der Waals surface area contributed by atoms with Gasteiger partial charge in [-0.3, -0.25) is 4.79 Å². The number of methoxy groups -OCH3 is 2. The molecule has 0 saturated heterocycles. The van der Waals surface area contributed by atoms with E-state index in [0.29, 0.717) is 24.7 Å². The van der Waals surface area contributed by atoms with Crippen LogP contribution in [0.15, 0.2) is 28.8 Å². The highest BCUT2D eigenvalue weighted by atomic mass is 16.5. The Hall–Kier alpha value is -2.21. The predicted octanol–water partition coefficient (Wildman–Crippen LogP) is 1.99. The van der Waals surface area contributed by atoms with Gasteiger partial charge in [-0.15, -0.1) is 0 Å². The zero-order valence-corrected chi connectivity index (χ0v) is 11.5. The molecule has 0 bridgehead atoms. The van der Waals surface area contributed by atoms with E-state index in [4.69, 9.17) is 9.26 Å². The average Bonchev–Trinajstić information content (AvgIpc) is 2.95. The second-order valence-corrected chi connectivity index (χ2v) is 4.22. The Labute approximate surface area is 116 Å². The van der Waals surface area contributed by atoms with Crippen molar-refractivity contribution in [3.8, 4) is 11.4 Å². The Morgan fingerprint density at radius 3 is 2.65 bits per heavy atom. The maximum absolute atomic E-state index is 11.0. The number of carbonyl (C=O) groups is 1. The molecule has 2 aromatic rings. The van der Waals surface area contributed by atoms with Crippen LogP contribution >= 0.6 is 0 Å². The Balaban J connectivity index is 2.02. The van der Waals surface area contributed by atoms with Gasteiger partial charge in [0.25, 0.3) is 0 Å². The van der Waals surface area contributed by atoms with Crippen LogP contribution < -0.4 is 0 Å². The van der Waals surface area contributed by atoms with Gasteiger partial charge < -0.3 is 14.0 Å². The standard InChI is InChI=1S/C14H16N2O4/c1-18-9-10-3-5-11(6-4-10)14-15-12(20-16-14)7-8-13(17)19-2/h3-6H,7-9H2,1-2H3. The molecular formula is C14H16N2O4. The number of esters is 1. The molecule has 2 rings (SSSR count). The van der Waals surface area contributed by atoms with Crippen molar-refractivity contribution in [3.63, 3.8) is 0 Å². The Morgan fingerprint density at radius 1 is 1.25 bits per heavy atom. The minimum Gasteiger partial charge on any atom is -0.469 e. The lowest BCUT2D eigenvalue weighted by Crippen LogP contribution is -2.01. The normalized spacial score (nSPS) is 10.5. The van der Waals surface area contributed by atoms with Crippen LogP contribution in [-0.2, 0) is 27.3 Å². The number of aryl methyl sites for hydroxylation is 1. The van der Waals surface area contributed by atoms with Crippen molar-refractivity contribution in [2.45, 2.75) is 19.4 Å². The lowest BCUT2D eigenvalue weighted by molar-refractivity contribution is -0.140.